The zero-order chi connectivity index (χ0) is 22.9. The molecule has 162 valence electrons. The Hall–Kier alpha value is -3.63. The maximum atomic E-state index is 11.5. The van der Waals surface area contributed by atoms with Gasteiger partial charge in [-0.05, 0) is 58.0 Å². The SMILES string of the molecule is CC/C(=C(/c1ccc(/C=C/C(=O)O)cc1)c1ccc(OC(=O)CCl)cc1)c1ccccc1. The van der Waals surface area contributed by atoms with Crippen LogP contribution in [-0.4, -0.2) is 22.9 Å². The monoisotopic (exact) mass is 446 g/mol. The number of hydrogen-bond donors (Lipinski definition) is 1. The largest absolute Gasteiger partial charge is 0.478 e. The van der Waals surface area contributed by atoms with E-state index in [1.165, 1.54) is 5.57 Å². The molecule has 1 N–H and O–H groups in total. The van der Waals surface area contributed by atoms with Gasteiger partial charge in [-0.15, -0.1) is 11.6 Å². The van der Waals surface area contributed by atoms with Crippen molar-refractivity contribution in [2.75, 3.05) is 5.88 Å². The third-order valence-corrected chi connectivity index (χ3v) is 5.10. The zero-order valence-electron chi connectivity index (χ0n) is 17.6. The number of ether oxygens (including phenoxy) is 1. The molecule has 0 atom stereocenters. The highest BCUT2D eigenvalue weighted by Gasteiger charge is 2.14. The Balaban J connectivity index is 2.09. The first-order valence-corrected chi connectivity index (χ1v) is 10.7. The van der Waals surface area contributed by atoms with Crippen LogP contribution in [0, 0.1) is 0 Å². The topological polar surface area (TPSA) is 63.6 Å². The first-order chi connectivity index (χ1) is 15.5. The lowest BCUT2D eigenvalue weighted by molar-refractivity contribution is -0.132. The van der Waals surface area contributed by atoms with E-state index >= 15 is 0 Å². The molecule has 0 amide bonds. The number of alkyl halides is 1. The number of halogens is 1. The molecular weight excluding hydrogens is 424 g/mol. The number of aliphatic carboxylic acids is 1. The Morgan fingerprint density at radius 2 is 1.47 bits per heavy atom. The van der Waals surface area contributed by atoms with Crippen LogP contribution in [0.1, 0.15) is 35.6 Å². The molecule has 4 nitrogen and oxygen atoms in total. The van der Waals surface area contributed by atoms with Crippen LogP contribution in [-0.2, 0) is 9.59 Å². The first kappa shape index (κ1) is 23.0. The van der Waals surface area contributed by atoms with E-state index < -0.39 is 11.9 Å². The van der Waals surface area contributed by atoms with E-state index in [4.69, 9.17) is 21.4 Å². The summed E-state index contributed by atoms with van der Waals surface area (Å²) in [6, 6.07) is 25.3. The van der Waals surface area contributed by atoms with Crippen molar-refractivity contribution < 1.29 is 19.4 Å². The summed E-state index contributed by atoms with van der Waals surface area (Å²) in [6.07, 6.45) is 3.49. The summed E-state index contributed by atoms with van der Waals surface area (Å²) in [5.41, 5.74) is 6.13. The normalized spacial score (nSPS) is 11.8. The summed E-state index contributed by atoms with van der Waals surface area (Å²) in [6.45, 7) is 2.11. The Labute approximate surface area is 192 Å². The van der Waals surface area contributed by atoms with E-state index in [0.29, 0.717) is 5.75 Å². The number of carboxylic acids is 1. The van der Waals surface area contributed by atoms with E-state index in [2.05, 4.69) is 19.1 Å². The molecular formula is C27H23ClO4. The molecule has 0 fully saturated rings. The molecule has 3 aromatic rings. The van der Waals surface area contributed by atoms with E-state index in [1.54, 1.807) is 18.2 Å². The van der Waals surface area contributed by atoms with E-state index in [9.17, 15) is 9.59 Å². The number of allylic oxidation sites excluding steroid dienone is 1. The van der Waals surface area contributed by atoms with Crippen LogP contribution >= 0.6 is 11.6 Å². The number of hydrogen-bond acceptors (Lipinski definition) is 3. The number of carbonyl (C=O) groups excluding carboxylic acids is 1. The predicted octanol–water partition coefficient (Wildman–Crippen LogP) is 6.30. The van der Waals surface area contributed by atoms with Gasteiger partial charge < -0.3 is 9.84 Å². The number of carbonyl (C=O) groups is 2. The minimum absolute atomic E-state index is 0.205. The fourth-order valence-electron chi connectivity index (χ4n) is 3.46. The summed E-state index contributed by atoms with van der Waals surface area (Å²) in [5, 5.41) is 8.86. The third kappa shape index (κ3) is 5.96. The smallest absolute Gasteiger partial charge is 0.328 e. The van der Waals surface area contributed by atoms with E-state index in [-0.39, 0.29) is 5.88 Å². The van der Waals surface area contributed by atoms with Gasteiger partial charge in [0.1, 0.15) is 11.6 Å². The fraction of sp³-hybridized carbons (Fsp3) is 0.111. The molecule has 0 radical (unpaired) electrons. The van der Waals surface area contributed by atoms with Crippen molar-refractivity contribution >= 4 is 40.8 Å². The van der Waals surface area contributed by atoms with Gasteiger partial charge >= 0.3 is 11.9 Å². The highest BCUT2D eigenvalue weighted by molar-refractivity contribution is 6.26. The molecule has 0 aromatic heterocycles. The second-order valence-corrected chi connectivity index (χ2v) is 7.27. The highest BCUT2D eigenvalue weighted by Crippen LogP contribution is 2.35. The Morgan fingerprint density at radius 1 is 0.875 bits per heavy atom. The second kappa shape index (κ2) is 11.1. The molecule has 0 unspecified atom stereocenters. The lowest BCUT2D eigenvalue weighted by atomic mass is 9.88. The molecule has 0 aliphatic rings. The summed E-state index contributed by atoms with van der Waals surface area (Å²) >= 11 is 5.52. The number of rotatable bonds is 8. The Morgan fingerprint density at radius 3 is 2.00 bits per heavy atom. The van der Waals surface area contributed by atoms with Gasteiger partial charge in [-0.2, -0.15) is 0 Å². The summed E-state index contributed by atoms with van der Waals surface area (Å²) in [4.78, 5) is 22.3. The average molecular weight is 447 g/mol. The van der Waals surface area contributed by atoms with Crippen molar-refractivity contribution in [3.63, 3.8) is 0 Å². The van der Waals surface area contributed by atoms with Gasteiger partial charge in [0.05, 0.1) is 0 Å². The maximum Gasteiger partial charge on any atom is 0.328 e. The van der Waals surface area contributed by atoms with Gasteiger partial charge in [0.15, 0.2) is 0 Å². The molecule has 0 aliphatic heterocycles. The molecule has 0 aliphatic carbocycles. The van der Waals surface area contributed by atoms with Crippen molar-refractivity contribution in [1.82, 2.24) is 0 Å². The van der Waals surface area contributed by atoms with Gasteiger partial charge in [0.25, 0.3) is 0 Å². The van der Waals surface area contributed by atoms with Gasteiger partial charge in [0, 0.05) is 6.08 Å². The van der Waals surface area contributed by atoms with Crippen LogP contribution in [0.25, 0.3) is 17.2 Å². The van der Waals surface area contributed by atoms with E-state index in [1.807, 2.05) is 54.6 Å². The highest BCUT2D eigenvalue weighted by atomic mass is 35.5. The van der Waals surface area contributed by atoms with Gasteiger partial charge in [-0.1, -0.05) is 73.7 Å². The van der Waals surface area contributed by atoms with Crippen LogP contribution in [0.5, 0.6) is 5.75 Å². The van der Waals surface area contributed by atoms with Gasteiger partial charge in [0.2, 0.25) is 0 Å². The lowest BCUT2D eigenvalue weighted by Gasteiger charge is -2.17. The molecule has 3 aromatic carbocycles. The molecule has 0 saturated carbocycles. The molecule has 0 bridgehead atoms. The predicted molar refractivity (Wildman–Crippen MR) is 129 cm³/mol. The van der Waals surface area contributed by atoms with E-state index in [0.717, 1.165) is 40.3 Å². The van der Waals surface area contributed by atoms with Crippen molar-refractivity contribution in [2.45, 2.75) is 13.3 Å². The second-order valence-electron chi connectivity index (χ2n) is 7.00. The molecule has 5 heteroatoms. The molecule has 3 rings (SSSR count). The lowest BCUT2D eigenvalue weighted by Crippen LogP contribution is -2.08. The van der Waals surface area contributed by atoms with Crippen LogP contribution in [0.15, 0.2) is 84.9 Å². The zero-order valence-corrected chi connectivity index (χ0v) is 18.4. The van der Waals surface area contributed by atoms with Crippen molar-refractivity contribution in [1.29, 1.82) is 0 Å². The third-order valence-electron chi connectivity index (χ3n) is 4.88. The first-order valence-electron chi connectivity index (χ1n) is 10.2. The van der Waals surface area contributed by atoms with Crippen molar-refractivity contribution in [3.05, 3.63) is 107 Å². The summed E-state index contributed by atoms with van der Waals surface area (Å²) < 4.78 is 5.19. The molecule has 0 heterocycles. The number of benzene rings is 3. The van der Waals surface area contributed by atoms with Crippen LogP contribution < -0.4 is 4.74 Å². The van der Waals surface area contributed by atoms with Crippen molar-refractivity contribution in [3.8, 4) is 5.75 Å². The van der Waals surface area contributed by atoms with Crippen molar-refractivity contribution in [2.24, 2.45) is 0 Å². The standard InChI is InChI=1S/C27H23ClO4/c1-2-24(20-6-4-3-5-7-20)27(21-11-8-19(9-12-21)10-17-25(29)30)22-13-15-23(16-14-22)32-26(31)18-28/h3-17H,2,18H2,1H3,(H,29,30)/b17-10+,27-24+. The number of esters is 1. The van der Waals surface area contributed by atoms with Gasteiger partial charge in [-0.25, -0.2) is 4.79 Å². The maximum absolute atomic E-state index is 11.5. The van der Waals surface area contributed by atoms with Crippen LogP contribution in [0.3, 0.4) is 0 Å². The minimum Gasteiger partial charge on any atom is -0.478 e. The number of carboxylic acid groups (broad SMARTS) is 1. The Kier molecular flexibility index (Phi) is 8.01. The quantitative estimate of drug-likeness (QED) is 0.145. The average Bonchev–Trinajstić information content (AvgIpc) is 2.82. The van der Waals surface area contributed by atoms with Gasteiger partial charge in [-0.3, -0.25) is 4.79 Å². The summed E-state index contributed by atoms with van der Waals surface area (Å²) in [7, 11) is 0. The molecule has 0 spiro atoms. The molecule has 32 heavy (non-hydrogen) atoms. The van der Waals surface area contributed by atoms with Crippen LogP contribution in [0.4, 0.5) is 0 Å². The molecule has 0 saturated heterocycles. The minimum atomic E-state index is -0.984. The van der Waals surface area contributed by atoms with Crippen LogP contribution in [0.2, 0.25) is 0 Å². The Bertz CT molecular complexity index is 1130. The fourth-order valence-corrected chi connectivity index (χ4v) is 3.51. The summed E-state index contributed by atoms with van der Waals surface area (Å²) in [5.74, 6) is -1.25.